The number of esters is 1. The number of fused-ring (bicyclic) bond motifs is 7. The van der Waals surface area contributed by atoms with Gasteiger partial charge in [0.1, 0.15) is 58.9 Å². The lowest BCUT2D eigenvalue weighted by molar-refractivity contribution is -0.274. The lowest BCUT2D eigenvalue weighted by Gasteiger charge is -2.42. The van der Waals surface area contributed by atoms with Crippen LogP contribution in [0, 0.1) is 18.6 Å². The summed E-state index contributed by atoms with van der Waals surface area (Å²) >= 11 is 0. The van der Waals surface area contributed by atoms with Gasteiger partial charge in [0.25, 0.3) is 0 Å². The van der Waals surface area contributed by atoms with E-state index in [4.69, 9.17) is 14.2 Å². The molecular formula is C44H41F7N6O6. The molecule has 1 amide bonds. The van der Waals surface area contributed by atoms with Crippen molar-refractivity contribution in [2.24, 2.45) is 0 Å². The van der Waals surface area contributed by atoms with Gasteiger partial charge in [-0.25, -0.2) is 27.2 Å². The van der Waals surface area contributed by atoms with Crippen LogP contribution >= 0.6 is 0 Å². The molecule has 0 radical (unpaired) electrons. The van der Waals surface area contributed by atoms with Crippen molar-refractivity contribution < 1.29 is 59.3 Å². The highest BCUT2D eigenvalue weighted by atomic mass is 19.4. The molecule has 63 heavy (non-hydrogen) atoms. The second-order valence-electron chi connectivity index (χ2n) is 17.0. The first-order chi connectivity index (χ1) is 30.0. The maximum atomic E-state index is 17.6. The molecule has 3 fully saturated rings. The van der Waals surface area contributed by atoms with Crippen LogP contribution in [0.3, 0.4) is 0 Å². The predicted molar refractivity (Wildman–Crippen MR) is 214 cm³/mol. The van der Waals surface area contributed by atoms with Gasteiger partial charge < -0.3 is 29.2 Å². The Morgan fingerprint density at radius 2 is 1.86 bits per heavy atom. The van der Waals surface area contributed by atoms with Crippen LogP contribution in [0.25, 0.3) is 32.9 Å². The molecule has 0 saturated carbocycles. The number of anilines is 1. The van der Waals surface area contributed by atoms with E-state index >= 15 is 13.2 Å². The summed E-state index contributed by atoms with van der Waals surface area (Å²) in [4.78, 5) is 44.0. The SMILES string of the molecule is Cc1cccc(OC(F)(F)F)c1C(=O)Oc1cc2c3c(c(F)ccc3c1)CCCOC(=O)N[C@]1(C)C[C@@H](F)CN(C1)c1nc(OC[C@@]34CCCN3C[C@H](F)C4)nc3c(F)c-2ncc13. The van der Waals surface area contributed by atoms with Crippen molar-refractivity contribution in [3.8, 4) is 28.8 Å². The maximum absolute atomic E-state index is 17.6. The van der Waals surface area contributed by atoms with Crippen molar-refractivity contribution in [2.45, 2.75) is 82.2 Å². The Labute approximate surface area is 355 Å². The highest BCUT2D eigenvalue weighted by Gasteiger charge is 2.49. The molecule has 3 aromatic carbocycles. The average molecular weight is 883 g/mol. The summed E-state index contributed by atoms with van der Waals surface area (Å²) in [7, 11) is 0. The topological polar surface area (TPSA) is 128 Å². The first-order valence-electron chi connectivity index (χ1n) is 20.5. The quantitative estimate of drug-likeness (QED) is 0.100. The first-order valence-corrected chi connectivity index (χ1v) is 20.5. The second-order valence-corrected chi connectivity index (χ2v) is 17.0. The molecule has 4 atom stereocenters. The molecule has 2 aromatic heterocycles. The molecule has 5 aliphatic rings. The normalized spacial score (nSPS) is 24.0. The zero-order chi connectivity index (χ0) is 44.4. The summed E-state index contributed by atoms with van der Waals surface area (Å²) in [5.74, 6) is -4.00. The van der Waals surface area contributed by atoms with Crippen LogP contribution in [0.2, 0.25) is 0 Å². The minimum Gasteiger partial charge on any atom is -0.461 e. The van der Waals surface area contributed by atoms with Crippen molar-refractivity contribution in [1.82, 2.24) is 25.2 Å². The highest BCUT2D eigenvalue weighted by Crippen LogP contribution is 2.43. The van der Waals surface area contributed by atoms with Crippen LogP contribution in [0.4, 0.5) is 41.3 Å². The summed E-state index contributed by atoms with van der Waals surface area (Å²) < 4.78 is 126. The van der Waals surface area contributed by atoms with E-state index in [1.165, 1.54) is 48.4 Å². The monoisotopic (exact) mass is 882 g/mol. The molecule has 1 N–H and O–H groups in total. The van der Waals surface area contributed by atoms with E-state index in [-0.39, 0.29) is 120 Å². The van der Waals surface area contributed by atoms with Crippen LogP contribution in [0.5, 0.6) is 17.5 Å². The lowest BCUT2D eigenvalue weighted by atomic mass is 9.90. The zero-order valence-electron chi connectivity index (χ0n) is 34.1. The Morgan fingerprint density at radius 1 is 1.05 bits per heavy atom. The lowest BCUT2D eigenvalue weighted by Crippen LogP contribution is -2.60. The molecule has 3 saturated heterocycles. The molecule has 6 bridgehead atoms. The molecule has 7 heterocycles. The van der Waals surface area contributed by atoms with E-state index in [0.29, 0.717) is 13.0 Å². The number of hydrogen-bond donors (Lipinski definition) is 1. The summed E-state index contributed by atoms with van der Waals surface area (Å²) in [6, 6.07) is 8.40. The van der Waals surface area contributed by atoms with Gasteiger partial charge >= 0.3 is 24.4 Å². The van der Waals surface area contributed by atoms with Crippen molar-refractivity contribution in [3.63, 3.8) is 0 Å². The number of alkyl carbamates (subject to hydrolysis) is 1. The van der Waals surface area contributed by atoms with Gasteiger partial charge in [-0.2, -0.15) is 9.97 Å². The number of aromatic nitrogens is 3. The van der Waals surface area contributed by atoms with Gasteiger partial charge in [0, 0.05) is 37.7 Å². The number of ether oxygens (including phenoxy) is 4. The Balaban J connectivity index is 1.22. The standard InChI is InChI=1S/C44H41F7N6O6/c1-23-6-3-8-32(63-44(49,50)51)33(23)39(58)62-27-14-24-9-10-31(47)28-7-4-13-60-41(59)55-42(2)16-25(45)19-56(21-42)38-30-18-52-36(29(15-27)34(24)28)35(48)37(30)53-40(54-38)61-22-43-11-5-12-57(43)20-26(46)17-43/h3,6,8-10,14-15,18,25-26H,4-5,7,11-13,16-17,19-22H2,1-2H3,(H,55,59)/t25-,26-,42-,43+/m1/s1. The van der Waals surface area contributed by atoms with Crippen LogP contribution in [-0.4, -0.2) is 101 Å². The number of nitrogens with one attached hydrogen (secondary N) is 1. The minimum atomic E-state index is -5.13. The van der Waals surface area contributed by atoms with E-state index < -0.39 is 64.8 Å². The third kappa shape index (κ3) is 8.22. The van der Waals surface area contributed by atoms with E-state index in [9.17, 15) is 27.2 Å². The average Bonchev–Trinajstić information content (AvgIpc) is 3.73. The van der Waals surface area contributed by atoms with Gasteiger partial charge in [-0.1, -0.05) is 18.2 Å². The molecule has 0 spiro atoms. The number of amides is 1. The molecule has 5 aromatic rings. The number of alkyl halides is 5. The largest absolute Gasteiger partial charge is 0.573 e. The van der Waals surface area contributed by atoms with Crippen molar-refractivity contribution in [2.75, 3.05) is 44.3 Å². The number of halogens is 7. The number of benzene rings is 3. The van der Waals surface area contributed by atoms with Crippen molar-refractivity contribution in [3.05, 3.63) is 77.0 Å². The summed E-state index contributed by atoms with van der Waals surface area (Å²) in [5.41, 5.74) is -2.97. The Morgan fingerprint density at radius 3 is 2.67 bits per heavy atom. The van der Waals surface area contributed by atoms with E-state index in [0.717, 1.165) is 18.6 Å². The van der Waals surface area contributed by atoms with Crippen LogP contribution in [0.15, 0.2) is 48.7 Å². The smallest absolute Gasteiger partial charge is 0.461 e. The fourth-order valence-corrected chi connectivity index (χ4v) is 9.70. The third-order valence-electron chi connectivity index (χ3n) is 12.3. The molecule has 332 valence electrons. The molecule has 12 nitrogen and oxygen atoms in total. The van der Waals surface area contributed by atoms with E-state index in [1.54, 1.807) is 6.92 Å². The molecule has 0 aliphatic carbocycles. The summed E-state index contributed by atoms with van der Waals surface area (Å²) in [6.45, 7) is 3.54. The molecule has 5 aliphatic heterocycles. The summed E-state index contributed by atoms with van der Waals surface area (Å²) in [5, 5.41) is 3.18. The van der Waals surface area contributed by atoms with Gasteiger partial charge in [-0.3, -0.25) is 9.88 Å². The van der Waals surface area contributed by atoms with Gasteiger partial charge in [-0.15, -0.1) is 13.2 Å². The number of rotatable bonds is 6. The first kappa shape index (κ1) is 42.3. The number of carbonyl (C=O) groups is 2. The number of pyridine rings is 1. The van der Waals surface area contributed by atoms with Crippen molar-refractivity contribution in [1.29, 1.82) is 0 Å². The van der Waals surface area contributed by atoms with Gasteiger partial charge in [0.2, 0.25) is 0 Å². The van der Waals surface area contributed by atoms with Gasteiger partial charge in [0.15, 0.2) is 5.82 Å². The zero-order valence-corrected chi connectivity index (χ0v) is 34.1. The Bertz CT molecular complexity index is 2650. The molecule has 19 heteroatoms. The number of piperidine rings is 1. The number of hydrogen-bond acceptors (Lipinski definition) is 11. The fraction of sp³-hybridized carbons (Fsp3) is 0.432. The molecule has 0 unspecified atom stereocenters. The predicted octanol–water partition coefficient (Wildman–Crippen LogP) is 8.48. The number of carbonyl (C=O) groups excluding carboxylic acids is 2. The maximum Gasteiger partial charge on any atom is 0.573 e. The molecular weight excluding hydrogens is 842 g/mol. The van der Waals surface area contributed by atoms with E-state index in [1.807, 2.05) is 4.90 Å². The molecule has 10 rings (SSSR count). The Kier molecular flexibility index (Phi) is 10.7. The van der Waals surface area contributed by atoms with E-state index in [2.05, 4.69) is 25.0 Å². The number of nitrogens with zero attached hydrogens (tertiary/aromatic N) is 5. The van der Waals surface area contributed by atoms with Gasteiger partial charge in [-0.05, 0) is 92.2 Å². The van der Waals surface area contributed by atoms with Crippen molar-refractivity contribution >= 4 is 39.6 Å². The Hall–Kier alpha value is -5.98. The number of aryl methyl sites for hydroxylation is 2. The van der Waals surface area contributed by atoms with Crippen LogP contribution < -0.4 is 24.4 Å². The third-order valence-corrected chi connectivity index (χ3v) is 12.3. The minimum absolute atomic E-state index is 0.00000874. The van der Waals surface area contributed by atoms with Gasteiger partial charge in [0.05, 0.1) is 29.6 Å². The fourth-order valence-electron chi connectivity index (χ4n) is 9.70. The second kappa shape index (κ2) is 16.0. The summed E-state index contributed by atoms with van der Waals surface area (Å²) in [6.07, 6.45) is -5.60. The highest BCUT2D eigenvalue weighted by molar-refractivity contribution is 6.03. The van der Waals surface area contributed by atoms with Crippen LogP contribution in [-0.2, 0) is 11.2 Å². The van der Waals surface area contributed by atoms with Crippen LogP contribution in [0.1, 0.15) is 60.5 Å².